The van der Waals surface area contributed by atoms with Gasteiger partial charge in [-0.1, -0.05) is 18.2 Å². The summed E-state index contributed by atoms with van der Waals surface area (Å²) in [4.78, 5) is 12.8. The second-order valence-electron chi connectivity index (χ2n) is 7.47. The molecule has 0 unspecified atom stereocenters. The molecule has 1 amide bonds. The van der Waals surface area contributed by atoms with Gasteiger partial charge < -0.3 is 10.1 Å². The van der Waals surface area contributed by atoms with Gasteiger partial charge in [-0.05, 0) is 61.5 Å². The molecule has 10 heteroatoms. The summed E-state index contributed by atoms with van der Waals surface area (Å²) in [6.45, 7) is 1.76. The van der Waals surface area contributed by atoms with Gasteiger partial charge >= 0.3 is 0 Å². The summed E-state index contributed by atoms with van der Waals surface area (Å²) >= 11 is 0. The molecular formula is C24H21FN4O4S. The maximum absolute atomic E-state index is 15.0. The molecular weight excluding hydrogens is 459 g/mol. The van der Waals surface area contributed by atoms with Crippen molar-refractivity contribution in [2.45, 2.75) is 11.8 Å². The number of sulfonamides is 1. The van der Waals surface area contributed by atoms with Crippen LogP contribution in [0.4, 0.5) is 10.1 Å². The molecule has 0 aliphatic carbocycles. The number of hydrogen-bond acceptors (Lipinski definition) is 5. The van der Waals surface area contributed by atoms with Crippen molar-refractivity contribution in [1.29, 1.82) is 0 Å². The normalized spacial score (nSPS) is 11.3. The van der Waals surface area contributed by atoms with Crippen LogP contribution in [0.2, 0.25) is 0 Å². The summed E-state index contributed by atoms with van der Waals surface area (Å²) in [5, 5.41) is 12.3. The van der Waals surface area contributed by atoms with Crippen LogP contribution in [0, 0.1) is 12.7 Å². The third-order valence-electron chi connectivity index (χ3n) is 5.09. The Bertz CT molecular complexity index is 1480. The minimum atomic E-state index is -4.05. The van der Waals surface area contributed by atoms with Crippen LogP contribution in [-0.2, 0) is 10.0 Å². The lowest BCUT2D eigenvalue weighted by Crippen LogP contribution is -2.17. The number of nitrogens with zero attached hydrogens (tertiary/aromatic N) is 2. The number of nitrogens with one attached hydrogen (secondary N) is 1. The van der Waals surface area contributed by atoms with Crippen molar-refractivity contribution in [3.05, 3.63) is 90.0 Å². The molecule has 4 rings (SSSR count). The van der Waals surface area contributed by atoms with E-state index in [1.807, 2.05) is 0 Å². The molecule has 0 aliphatic rings. The van der Waals surface area contributed by atoms with Crippen LogP contribution >= 0.6 is 0 Å². The van der Waals surface area contributed by atoms with Crippen molar-refractivity contribution >= 4 is 21.6 Å². The highest BCUT2D eigenvalue weighted by Crippen LogP contribution is 2.30. The number of benzene rings is 3. The van der Waals surface area contributed by atoms with Gasteiger partial charge in [0.05, 0.1) is 23.4 Å². The molecule has 1 aromatic heterocycles. The van der Waals surface area contributed by atoms with Gasteiger partial charge in [-0.2, -0.15) is 5.10 Å². The van der Waals surface area contributed by atoms with Crippen molar-refractivity contribution in [2.75, 3.05) is 12.4 Å². The third-order valence-corrected chi connectivity index (χ3v) is 6.06. The lowest BCUT2D eigenvalue weighted by Gasteiger charge is -2.12. The molecule has 4 aromatic rings. The van der Waals surface area contributed by atoms with Crippen LogP contribution in [0.25, 0.3) is 16.8 Å². The highest BCUT2D eigenvalue weighted by molar-refractivity contribution is 7.89. The lowest BCUT2D eigenvalue weighted by atomic mass is 10.0. The molecule has 3 N–H and O–H groups in total. The van der Waals surface area contributed by atoms with E-state index in [9.17, 15) is 17.6 Å². The van der Waals surface area contributed by atoms with E-state index in [4.69, 9.17) is 9.88 Å². The number of primary sulfonamides is 1. The fraction of sp³-hybridized carbons (Fsp3) is 0.0833. The number of carbonyl (C=O) groups excluding carboxylic acids is 1. The predicted octanol–water partition coefficient (Wildman–Crippen LogP) is 3.90. The van der Waals surface area contributed by atoms with Crippen molar-refractivity contribution in [3.8, 4) is 22.6 Å². The Morgan fingerprint density at radius 3 is 2.38 bits per heavy atom. The van der Waals surface area contributed by atoms with Crippen LogP contribution in [0.1, 0.15) is 16.2 Å². The average Bonchev–Trinajstić information content (AvgIpc) is 3.20. The quantitative estimate of drug-likeness (QED) is 0.434. The van der Waals surface area contributed by atoms with Gasteiger partial charge in [-0.3, -0.25) is 4.79 Å². The average molecular weight is 481 g/mol. The first kappa shape index (κ1) is 23.1. The van der Waals surface area contributed by atoms with E-state index in [0.717, 1.165) is 6.07 Å². The predicted molar refractivity (Wildman–Crippen MR) is 126 cm³/mol. The third kappa shape index (κ3) is 4.68. The van der Waals surface area contributed by atoms with Gasteiger partial charge in [0.1, 0.15) is 17.3 Å². The summed E-state index contributed by atoms with van der Waals surface area (Å²) in [5.41, 5.74) is 1.91. The Labute approximate surface area is 195 Å². The number of ether oxygens (including phenoxy) is 1. The fourth-order valence-corrected chi connectivity index (χ4v) is 4.28. The molecule has 0 fully saturated rings. The zero-order chi connectivity index (χ0) is 24.5. The second-order valence-corrected chi connectivity index (χ2v) is 9.00. The van der Waals surface area contributed by atoms with E-state index >= 15 is 0 Å². The summed E-state index contributed by atoms with van der Waals surface area (Å²) in [6, 6.07) is 18.5. The summed E-state index contributed by atoms with van der Waals surface area (Å²) in [7, 11) is -2.49. The molecule has 0 saturated heterocycles. The van der Waals surface area contributed by atoms with E-state index < -0.39 is 21.7 Å². The molecule has 0 saturated carbocycles. The zero-order valence-electron chi connectivity index (χ0n) is 18.3. The molecule has 34 heavy (non-hydrogen) atoms. The molecule has 0 bridgehead atoms. The van der Waals surface area contributed by atoms with E-state index in [-0.39, 0.29) is 27.4 Å². The van der Waals surface area contributed by atoms with Gasteiger partial charge in [0.25, 0.3) is 5.91 Å². The van der Waals surface area contributed by atoms with Crippen molar-refractivity contribution < 1.29 is 22.3 Å². The monoisotopic (exact) mass is 480 g/mol. The number of methoxy groups -OCH3 is 1. The number of hydrogen-bond donors (Lipinski definition) is 2. The Balaban J connectivity index is 1.63. The first-order valence-corrected chi connectivity index (χ1v) is 11.7. The van der Waals surface area contributed by atoms with E-state index in [0.29, 0.717) is 17.1 Å². The topological polar surface area (TPSA) is 116 Å². The lowest BCUT2D eigenvalue weighted by molar-refractivity contribution is 0.101. The Morgan fingerprint density at radius 2 is 1.74 bits per heavy atom. The molecule has 0 spiro atoms. The fourth-order valence-electron chi connectivity index (χ4n) is 3.53. The minimum absolute atomic E-state index is 0.0433. The summed E-state index contributed by atoms with van der Waals surface area (Å²) < 4.78 is 45.4. The molecule has 0 aliphatic heterocycles. The van der Waals surface area contributed by atoms with Crippen LogP contribution in [0.5, 0.6) is 5.75 Å². The zero-order valence-corrected chi connectivity index (χ0v) is 19.1. The molecule has 0 radical (unpaired) electrons. The molecule has 3 aromatic carbocycles. The number of rotatable bonds is 6. The smallest absolute Gasteiger partial charge is 0.274 e. The van der Waals surface area contributed by atoms with Gasteiger partial charge in [-0.25, -0.2) is 22.6 Å². The number of halogens is 1. The Morgan fingerprint density at radius 1 is 1.03 bits per heavy atom. The van der Waals surface area contributed by atoms with Crippen molar-refractivity contribution in [1.82, 2.24) is 9.78 Å². The van der Waals surface area contributed by atoms with Gasteiger partial charge in [-0.15, -0.1) is 0 Å². The van der Waals surface area contributed by atoms with E-state index in [1.54, 1.807) is 50.4 Å². The summed E-state index contributed by atoms with van der Waals surface area (Å²) in [5.74, 6) is -0.541. The van der Waals surface area contributed by atoms with Gasteiger partial charge in [0, 0.05) is 16.8 Å². The first-order chi connectivity index (χ1) is 16.2. The minimum Gasteiger partial charge on any atom is -0.497 e. The van der Waals surface area contributed by atoms with Crippen molar-refractivity contribution in [2.24, 2.45) is 5.14 Å². The summed E-state index contributed by atoms with van der Waals surface area (Å²) in [6.07, 6.45) is 0. The van der Waals surface area contributed by atoms with Crippen molar-refractivity contribution in [3.63, 3.8) is 0 Å². The Kier molecular flexibility index (Phi) is 6.18. The number of anilines is 1. The van der Waals surface area contributed by atoms with Crippen LogP contribution in [-0.4, -0.2) is 31.2 Å². The number of aryl methyl sites for hydroxylation is 1. The molecule has 1 heterocycles. The van der Waals surface area contributed by atoms with E-state index in [1.165, 1.54) is 35.0 Å². The highest BCUT2D eigenvalue weighted by atomic mass is 32.2. The van der Waals surface area contributed by atoms with Crippen LogP contribution in [0.3, 0.4) is 0 Å². The number of amides is 1. The highest BCUT2D eigenvalue weighted by Gasteiger charge is 2.19. The van der Waals surface area contributed by atoms with Gasteiger partial charge in [0.2, 0.25) is 10.0 Å². The largest absolute Gasteiger partial charge is 0.497 e. The Hall–Kier alpha value is -4.02. The maximum atomic E-state index is 15.0. The maximum Gasteiger partial charge on any atom is 0.274 e. The molecule has 174 valence electrons. The molecule has 0 atom stereocenters. The standard InChI is InChI=1S/C24H21FN4O4S/c1-15-13-22(29(28-15)17-8-10-18(33-2)11-9-17)24(30)27-16-7-12-19(21(25)14-16)20-5-3-4-6-23(20)34(26,31)32/h3-14H,1-2H3,(H,27,30)(H2,26,31,32). The van der Waals surface area contributed by atoms with Crippen LogP contribution in [0.15, 0.2) is 77.7 Å². The first-order valence-electron chi connectivity index (χ1n) is 10.1. The second kappa shape index (κ2) is 9.08. The molecule has 8 nitrogen and oxygen atoms in total. The van der Waals surface area contributed by atoms with Gasteiger partial charge in [0.15, 0.2) is 0 Å². The van der Waals surface area contributed by atoms with Crippen LogP contribution < -0.4 is 15.2 Å². The number of nitrogens with two attached hydrogens (primary N) is 1. The van der Waals surface area contributed by atoms with E-state index in [2.05, 4.69) is 10.4 Å². The SMILES string of the molecule is COc1ccc(-n2nc(C)cc2C(=O)Nc2ccc(-c3ccccc3S(N)(=O)=O)c(F)c2)cc1. The number of aromatic nitrogens is 2. The number of carbonyl (C=O) groups is 1.